The lowest BCUT2D eigenvalue weighted by Crippen LogP contribution is -2.26. The van der Waals surface area contributed by atoms with Crippen molar-refractivity contribution >= 4 is 22.6 Å². The van der Waals surface area contributed by atoms with Crippen LogP contribution in [0.5, 0.6) is 0 Å². The van der Waals surface area contributed by atoms with Crippen LogP contribution in [0.25, 0.3) is 11.0 Å². The maximum atomic E-state index is 13.5. The van der Waals surface area contributed by atoms with Crippen LogP contribution >= 0.6 is 0 Å². The van der Waals surface area contributed by atoms with Gasteiger partial charge in [0.2, 0.25) is 5.91 Å². The van der Waals surface area contributed by atoms with Crippen LogP contribution in [-0.4, -0.2) is 15.5 Å². The van der Waals surface area contributed by atoms with E-state index >= 15 is 0 Å². The number of nitrogens with zero attached hydrogens (tertiary/aromatic N) is 1. The van der Waals surface area contributed by atoms with Gasteiger partial charge in [0.05, 0.1) is 16.7 Å². The molecular weight excluding hydrogens is 311 g/mol. The van der Waals surface area contributed by atoms with E-state index in [1.807, 2.05) is 0 Å². The van der Waals surface area contributed by atoms with Crippen molar-refractivity contribution < 1.29 is 18.0 Å². The largest absolute Gasteiger partial charge is 0.326 e. The summed E-state index contributed by atoms with van der Waals surface area (Å²) in [5, 5.41) is 2.25. The van der Waals surface area contributed by atoms with Crippen molar-refractivity contribution in [2.45, 2.75) is 6.54 Å². The number of hydrogen-bond acceptors (Lipinski definition) is 2. The Kier molecular flexibility index (Phi) is 3.65. The zero-order chi connectivity index (χ0) is 16.6. The summed E-state index contributed by atoms with van der Waals surface area (Å²) >= 11 is 0. The molecule has 1 amide bonds. The highest BCUT2D eigenvalue weighted by Crippen LogP contribution is 2.16. The first-order valence-corrected chi connectivity index (χ1v) is 6.57. The molecule has 3 aromatic rings. The lowest BCUT2D eigenvalue weighted by Gasteiger charge is -2.07. The van der Waals surface area contributed by atoms with Crippen molar-refractivity contribution in [1.82, 2.24) is 9.55 Å². The van der Waals surface area contributed by atoms with Crippen molar-refractivity contribution in [3.05, 3.63) is 64.3 Å². The number of benzene rings is 2. The fourth-order valence-electron chi connectivity index (χ4n) is 2.22. The molecule has 5 nitrogen and oxygen atoms in total. The topological polar surface area (TPSA) is 66.9 Å². The molecule has 1 aromatic heterocycles. The first kappa shape index (κ1) is 14.9. The molecule has 0 aliphatic heterocycles. The number of nitrogens with one attached hydrogen (secondary N) is 2. The van der Waals surface area contributed by atoms with E-state index in [9.17, 15) is 22.8 Å². The van der Waals surface area contributed by atoms with E-state index in [0.29, 0.717) is 11.6 Å². The third kappa shape index (κ3) is 2.96. The van der Waals surface area contributed by atoms with Gasteiger partial charge in [0.1, 0.15) is 24.0 Å². The summed E-state index contributed by atoms with van der Waals surface area (Å²) in [4.78, 5) is 26.2. The highest BCUT2D eigenvalue weighted by Gasteiger charge is 2.13. The molecule has 8 heteroatoms. The number of carbonyl (C=O) groups is 1. The molecule has 0 aliphatic carbocycles. The van der Waals surface area contributed by atoms with Gasteiger partial charge < -0.3 is 10.3 Å². The van der Waals surface area contributed by atoms with E-state index in [-0.39, 0.29) is 11.2 Å². The van der Waals surface area contributed by atoms with E-state index in [0.717, 1.165) is 28.8 Å². The van der Waals surface area contributed by atoms with Crippen LogP contribution in [0.1, 0.15) is 0 Å². The molecular formula is C15H10F3N3O2. The predicted octanol–water partition coefficient (Wildman–Crippen LogP) is 2.39. The third-order valence-corrected chi connectivity index (χ3v) is 3.24. The van der Waals surface area contributed by atoms with E-state index in [1.54, 1.807) is 0 Å². The van der Waals surface area contributed by atoms with Gasteiger partial charge in [-0.15, -0.1) is 0 Å². The predicted molar refractivity (Wildman–Crippen MR) is 77.5 cm³/mol. The van der Waals surface area contributed by atoms with Crippen LogP contribution in [0.3, 0.4) is 0 Å². The zero-order valence-electron chi connectivity index (χ0n) is 11.6. The molecule has 0 radical (unpaired) electrons. The number of H-pyrrole nitrogens is 1. The molecule has 0 fully saturated rings. The minimum absolute atomic E-state index is 0.199. The minimum Gasteiger partial charge on any atom is -0.322 e. The Balaban J connectivity index is 1.86. The molecule has 0 aliphatic rings. The summed E-state index contributed by atoms with van der Waals surface area (Å²) in [5.74, 6) is -2.89. The van der Waals surface area contributed by atoms with Gasteiger partial charge in [-0.1, -0.05) is 0 Å². The average Bonchev–Trinajstić information content (AvgIpc) is 2.77. The number of rotatable bonds is 3. The second-order valence-electron chi connectivity index (χ2n) is 4.85. The second-order valence-corrected chi connectivity index (χ2v) is 4.85. The monoisotopic (exact) mass is 321 g/mol. The molecule has 0 bridgehead atoms. The molecule has 0 saturated carbocycles. The number of fused-ring (bicyclic) bond motifs is 1. The van der Waals surface area contributed by atoms with Gasteiger partial charge >= 0.3 is 5.69 Å². The maximum absolute atomic E-state index is 13.5. The molecule has 23 heavy (non-hydrogen) atoms. The van der Waals surface area contributed by atoms with Gasteiger partial charge in [0.25, 0.3) is 0 Å². The molecule has 118 valence electrons. The quantitative estimate of drug-likeness (QED) is 0.778. The van der Waals surface area contributed by atoms with Crippen LogP contribution in [0.2, 0.25) is 0 Å². The van der Waals surface area contributed by atoms with E-state index in [1.165, 1.54) is 6.07 Å². The van der Waals surface area contributed by atoms with Crippen LogP contribution in [0, 0.1) is 17.5 Å². The minimum atomic E-state index is -0.924. The van der Waals surface area contributed by atoms with Gasteiger partial charge in [-0.3, -0.25) is 9.36 Å². The van der Waals surface area contributed by atoms with Gasteiger partial charge in [-0.05, 0) is 30.3 Å². The Morgan fingerprint density at radius 3 is 2.52 bits per heavy atom. The number of hydrogen-bond donors (Lipinski definition) is 2. The van der Waals surface area contributed by atoms with Gasteiger partial charge in [-0.2, -0.15) is 0 Å². The average molecular weight is 321 g/mol. The summed E-state index contributed by atoms with van der Waals surface area (Å²) < 4.78 is 40.5. The normalized spacial score (nSPS) is 10.9. The van der Waals surface area contributed by atoms with Crippen LogP contribution in [0.15, 0.2) is 41.2 Å². The Labute approximate surface area is 127 Å². The number of halogens is 3. The second kappa shape index (κ2) is 5.64. The van der Waals surface area contributed by atoms with Crippen molar-refractivity contribution in [2.75, 3.05) is 5.32 Å². The summed E-state index contributed by atoms with van der Waals surface area (Å²) in [7, 11) is 0. The lowest BCUT2D eigenvalue weighted by molar-refractivity contribution is -0.116. The number of aromatic amines is 1. The van der Waals surface area contributed by atoms with Crippen molar-refractivity contribution in [1.29, 1.82) is 0 Å². The fraction of sp³-hybridized carbons (Fsp3) is 0.0667. The Morgan fingerprint density at radius 2 is 1.78 bits per heavy atom. The fourth-order valence-corrected chi connectivity index (χ4v) is 2.22. The third-order valence-electron chi connectivity index (χ3n) is 3.24. The smallest absolute Gasteiger partial charge is 0.322 e. The zero-order valence-corrected chi connectivity index (χ0v) is 11.6. The molecule has 0 unspecified atom stereocenters. The highest BCUT2D eigenvalue weighted by atomic mass is 19.1. The van der Waals surface area contributed by atoms with E-state index in [2.05, 4.69) is 10.3 Å². The van der Waals surface area contributed by atoms with E-state index in [4.69, 9.17) is 0 Å². The van der Waals surface area contributed by atoms with Crippen LogP contribution in [0.4, 0.5) is 18.9 Å². The first-order valence-electron chi connectivity index (χ1n) is 6.57. The van der Waals surface area contributed by atoms with Crippen LogP contribution < -0.4 is 11.0 Å². The molecule has 1 heterocycles. The number of anilines is 1. The molecule has 0 saturated heterocycles. The van der Waals surface area contributed by atoms with Crippen LogP contribution in [-0.2, 0) is 11.3 Å². The summed E-state index contributed by atoms with van der Waals surface area (Å²) in [6.07, 6.45) is 0. The highest BCUT2D eigenvalue weighted by molar-refractivity contribution is 5.91. The molecule has 3 rings (SSSR count). The van der Waals surface area contributed by atoms with Crippen molar-refractivity contribution in [3.8, 4) is 0 Å². The van der Waals surface area contributed by atoms with Crippen molar-refractivity contribution in [2.24, 2.45) is 0 Å². The summed E-state index contributed by atoms with van der Waals surface area (Å²) in [6, 6.07) is 6.36. The standard InChI is InChI=1S/C15H10F3N3O2/c16-8-1-3-11(10(18)5-8)19-14(22)7-21-13-4-2-9(17)6-12(13)20-15(21)23/h1-6H,7H2,(H,19,22)(H,20,23). The molecule has 2 aromatic carbocycles. The molecule has 2 N–H and O–H groups in total. The molecule has 0 atom stereocenters. The lowest BCUT2D eigenvalue weighted by atomic mass is 10.3. The number of aromatic nitrogens is 2. The Morgan fingerprint density at radius 1 is 1.09 bits per heavy atom. The number of carbonyl (C=O) groups excluding carboxylic acids is 1. The van der Waals surface area contributed by atoms with Gasteiger partial charge in [-0.25, -0.2) is 18.0 Å². The maximum Gasteiger partial charge on any atom is 0.326 e. The Bertz CT molecular complexity index is 962. The number of imidazole rings is 1. The Hall–Kier alpha value is -3.03. The molecule has 0 spiro atoms. The number of amides is 1. The van der Waals surface area contributed by atoms with Crippen molar-refractivity contribution in [3.63, 3.8) is 0 Å². The SMILES string of the molecule is O=C(Cn1c(=O)[nH]c2cc(F)ccc21)Nc1ccc(F)cc1F. The van der Waals surface area contributed by atoms with E-state index < -0.39 is 35.6 Å². The summed E-state index contributed by atoms with van der Waals surface area (Å²) in [5.41, 5.74) is -0.211. The first-order chi connectivity index (χ1) is 10.9. The van der Waals surface area contributed by atoms with Gasteiger partial charge in [0.15, 0.2) is 0 Å². The summed E-state index contributed by atoms with van der Waals surface area (Å²) in [6.45, 7) is -0.402. The van der Waals surface area contributed by atoms with Gasteiger partial charge in [0, 0.05) is 6.07 Å².